The Kier molecular flexibility index (Phi) is 6.13. The molecule has 0 saturated carbocycles. The zero-order chi connectivity index (χ0) is 23.5. The number of hydrogen-bond donors (Lipinski definition) is 4. The van der Waals surface area contributed by atoms with Crippen molar-refractivity contribution in [2.75, 3.05) is 20.2 Å². The van der Waals surface area contributed by atoms with Crippen LogP contribution in [0, 0.1) is 5.92 Å². The van der Waals surface area contributed by atoms with Gasteiger partial charge in [0.15, 0.2) is 0 Å². The molecule has 0 aliphatic carbocycles. The molecular weight excluding hydrogens is 430 g/mol. The van der Waals surface area contributed by atoms with Gasteiger partial charge in [0.1, 0.15) is 0 Å². The van der Waals surface area contributed by atoms with Gasteiger partial charge in [-0.3, -0.25) is 19.4 Å². The summed E-state index contributed by atoms with van der Waals surface area (Å²) >= 11 is 0. The number of amides is 3. The Morgan fingerprint density at radius 2 is 1.85 bits per heavy atom. The van der Waals surface area contributed by atoms with Crippen molar-refractivity contribution in [2.45, 2.75) is 12.6 Å². The number of imidazole rings is 1. The van der Waals surface area contributed by atoms with Crippen LogP contribution in [0.25, 0.3) is 11.0 Å². The van der Waals surface area contributed by atoms with Gasteiger partial charge in [-0.1, -0.05) is 24.3 Å². The molecule has 1 fully saturated rings. The Labute approximate surface area is 188 Å². The van der Waals surface area contributed by atoms with Gasteiger partial charge in [-0.15, -0.1) is 0 Å². The second-order valence-corrected chi connectivity index (χ2v) is 7.72. The lowest BCUT2D eigenvalue weighted by Crippen LogP contribution is -2.45. The lowest BCUT2D eigenvalue weighted by molar-refractivity contribution is -0.133. The highest BCUT2D eigenvalue weighted by molar-refractivity contribution is 5.95. The van der Waals surface area contributed by atoms with Crippen LogP contribution in [0.15, 0.2) is 48.5 Å². The molecule has 0 bridgehead atoms. The highest BCUT2D eigenvalue weighted by Gasteiger charge is 2.40. The highest BCUT2D eigenvalue weighted by atomic mass is 16.5. The molecular formula is C22H23N5O6. The van der Waals surface area contributed by atoms with E-state index < -0.39 is 29.9 Å². The number of para-hydroxylation sites is 2. The quantitative estimate of drug-likeness (QED) is 0.325. The lowest BCUT2D eigenvalue weighted by Gasteiger charge is -2.18. The predicted molar refractivity (Wildman–Crippen MR) is 116 cm³/mol. The number of ether oxygens (including phenoxy) is 1. The summed E-state index contributed by atoms with van der Waals surface area (Å²) < 4.78 is 7.33. The SMILES string of the molecule is COc1nc2ccccc2n1Cc1ccc(C(=O)N[C@@H]2CN(C(=O)O)C[C@@H]2C(=O)NO)cc1. The fourth-order valence-corrected chi connectivity index (χ4v) is 4.01. The van der Waals surface area contributed by atoms with E-state index in [2.05, 4.69) is 10.3 Å². The van der Waals surface area contributed by atoms with E-state index in [0.717, 1.165) is 21.5 Å². The van der Waals surface area contributed by atoms with Gasteiger partial charge in [0.2, 0.25) is 5.91 Å². The molecule has 1 saturated heterocycles. The molecule has 4 rings (SSSR count). The first-order valence-corrected chi connectivity index (χ1v) is 10.2. The maximum Gasteiger partial charge on any atom is 0.407 e. The minimum Gasteiger partial charge on any atom is -0.468 e. The van der Waals surface area contributed by atoms with E-state index in [1.807, 2.05) is 28.8 Å². The Hall–Kier alpha value is -4.12. The van der Waals surface area contributed by atoms with E-state index in [4.69, 9.17) is 9.94 Å². The van der Waals surface area contributed by atoms with Crippen molar-refractivity contribution in [1.29, 1.82) is 0 Å². The second-order valence-electron chi connectivity index (χ2n) is 7.72. The van der Waals surface area contributed by atoms with E-state index in [0.29, 0.717) is 18.1 Å². The maximum absolute atomic E-state index is 12.7. The third kappa shape index (κ3) is 4.44. The monoisotopic (exact) mass is 453 g/mol. The van der Waals surface area contributed by atoms with Crippen molar-refractivity contribution in [2.24, 2.45) is 5.92 Å². The fraction of sp³-hybridized carbons (Fsp3) is 0.273. The molecule has 1 aliphatic heterocycles. The Bertz CT molecular complexity index is 1190. The first-order valence-electron chi connectivity index (χ1n) is 10.2. The van der Waals surface area contributed by atoms with Crippen molar-refractivity contribution in [3.05, 3.63) is 59.7 Å². The summed E-state index contributed by atoms with van der Waals surface area (Å²) in [5.74, 6) is -2.09. The van der Waals surface area contributed by atoms with Gasteiger partial charge in [-0.05, 0) is 29.8 Å². The van der Waals surface area contributed by atoms with Crippen LogP contribution in [0.2, 0.25) is 0 Å². The number of carbonyl (C=O) groups excluding carboxylic acids is 2. The van der Waals surface area contributed by atoms with Crippen LogP contribution in [0.5, 0.6) is 6.01 Å². The topological polar surface area (TPSA) is 146 Å². The first-order chi connectivity index (χ1) is 15.9. The number of nitrogens with zero attached hydrogens (tertiary/aromatic N) is 3. The number of carboxylic acid groups (broad SMARTS) is 1. The molecule has 33 heavy (non-hydrogen) atoms. The number of likely N-dealkylation sites (tertiary alicyclic amines) is 1. The minimum atomic E-state index is -1.20. The van der Waals surface area contributed by atoms with E-state index in [9.17, 15) is 19.5 Å². The number of hydrogen-bond acceptors (Lipinski definition) is 6. The Balaban J connectivity index is 1.48. The normalized spacial score (nSPS) is 17.7. The van der Waals surface area contributed by atoms with Crippen LogP contribution in [-0.4, -0.2) is 68.9 Å². The van der Waals surface area contributed by atoms with E-state index >= 15 is 0 Å². The number of rotatable bonds is 6. The molecule has 0 radical (unpaired) electrons. The zero-order valence-electron chi connectivity index (χ0n) is 17.8. The van der Waals surface area contributed by atoms with Crippen LogP contribution < -0.4 is 15.5 Å². The summed E-state index contributed by atoms with van der Waals surface area (Å²) in [6.45, 7) is 0.317. The van der Waals surface area contributed by atoms with Crippen LogP contribution in [0.3, 0.4) is 0 Å². The molecule has 172 valence electrons. The third-order valence-corrected chi connectivity index (χ3v) is 5.71. The summed E-state index contributed by atoms with van der Waals surface area (Å²) in [6, 6.07) is 14.3. The molecule has 0 spiro atoms. The second kappa shape index (κ2) is 9.17. The van der Waals surface area contributed by atoms with Gasteiger partial charge < -0.3 is 20.1 Å². The molecule has 2 atom stereocenters. The number of aromatic nitrogens is 2. The molecule has 1 aromatic heterocycles. The molecule has 0 unspecified atom stereocenters. The molecule has 2 heterocycles. The lowest BCUT2D eigenvalue weighted by atomic mass is 10.0. The van der Waals surface area contributed by atoms with Crippen molar-refractivity contribution in [3.63, 3.8) is 0 Å². The number of fused-ring (bicyclic) bond motifs is 1. The van der Waals surface area contributed by atoms with Gasteiger partial charge >= 0.3 is 6.09 Å². The number of nitrogens with one attached hydrogen (secondary N) is 2. The molecule has 4 N–H and O–H groups in total. The summed E-state index contributed by atoms with van der Waals surface area (Å²) in [4.78, 5) is 41.4. The standard InChI is InChI=1S/C22H23N5O6/c1-33-21-24-16-4-2-3-5-18(16)27(21)10-13-6-8-14(9-7-13)19(28)23-17-12-26(22(30)31)11-15(17)20(29)25-32/h2-9,15,17,32H,10-12H2,1H3,(H,23,28)(H,25,29)(H,30,31)/t15-,17+/m0/s1. The van der Waals surface area contributed by atoms with Crippen LogP contribution in [0.1, 0.15) is 15.9 Å². The summed E-state index contributed by atoms with van der Waals surface area (Å²) in [5.41, 5.74) is 4.55. The minimum absolute atomic E-state index is 0.0509. The maximum atomic E-state index is 12.7. The largest absolute Gasteiger partial charge is 0.468 e. The third-order valence-electron chi connectivity index (χ3n) is 5.71. The molecule has 2 aromatic carbocycles. The average Bonchev–Trinajstić information content (AvgIpc) is 3.41. The fourth-order valence-electron chi connectivity index (χ4n) is 4.01. The first kappa shape index (κ1) is 22.1. The van der Waals surface area contributed by atoms with Crippen molar-refractivity contribution < 1.29 is 29.4 Å². The molecule has 1 aliphatic rings. The molecule has 11 heteroatoms. The van der Waals surface area contributed by atoms with Gasteiger partial charge in [-0.2, -0.15) is 4.98 Å². The van der Waals surface area contributed by atoms with Gasteiger partial charge in [0.25, 0.3) is 11.9 Å². The molecule has 3 aromatic rings. The number of benzene rings is 2. The molecule has 3 amide bonds. The van der Waals surface area contributed by atoms with E-state index in [1.165, 1.54) is 5.48 Å². The molecule has 11 nitrogen and oxygen atoms in total. The smallest absolute Gasteiger partial charge is 0.407 e. The summed E-state index contributed by atoms with van der Waals surface area (Å²) in [6.07, 6.45) is -1.20. The average molecular weight is 453 g/mol. The number of methoxy groups -OCH3 is 1. The van der Waals surface area contributed by atoms with Crippen LogP contribution in [-0.2, 0) is 11.3 Å². The predicted octanol–water partition coefficient (Wildman–Crippen LogP) is 1.31. The number of carbonyl (C=O) groups is 3. The Morgan fingerprint density at radius 1 is 1.12 bits per heavy atom. The Morgan fingerprint density at radius 3 is 2.52 bits per heavy atom. The van der Waals surface area contributed by atoms with Crippen molar-refractivity contribution in [3.8, 4) is 6.01 Å². The van der Waals surface area contributed by atoms with Crippen molar-refractivity contribution in [1.82, 2.24) is 25.2 Å². The van der Waals surface area contributed by atoms with E-state index in [1.54, 1.807) is 31.4 Å². The number of hydroxylamine groups is 1. The van der Waals surface area contributed by atoms with Gasteiger partial charge in [-0.25, -0.2) is 10.3 Å². The van der Waals surface area contributed by atoms with E-state index in [-0.39, 0.29) is 13.1 Å². The summed E-state index contributed by atoms with van der Waals surface area (Å²) in [5, 5.41) is 20.8. The van der Waals surface area contributed by atoms with Gasteiger partial charge in [0, 0.05) is 18.7 Å². The zero-order valence-corrected chi connectivity index (χ0v) is 17.8. The van der Waals surface area contributed by atoms with Crippen molar-refractivity contribution >= 4 is 28.9 Å². The summed E-state index contributed by atoms with van der Waals surface area (Å²) in [7, 11) is 1.56. The highest BCUT2D eigenvalue weighted by Crippen LogP contribution is 2.23. The van der Waals surface area contributed by atoms with Gasteiger partial charge in [0.05, 0.1) is 36.6 Å². The van der Waals surface area contributed by atoms with Crippen LogP contribution >= 0.6 is 0 Å². The van der Waals surface area contributed by atoms with Crippen LogP contribution in [0.4, 0.5) is 4.79 Å².